The molecule has 0 spiro atoms. The topological polar surface area (TPSA) is 108 Å². The maximum absolute atomic E-state index is 12.1. The highest BCUT2D eigenvalue weighted by molar-refractivity contribution is 5.98. The Hall–Kier alpha value is -2.32. The number of rotatable bonds is 3. The molecule has 2 aromatic rings. The van der Waals surface area contributed by atoms with Crippen LogP contribution in [0.3, 0.4) is 0 Å². The molecule has 0 radical (unpaired) electrons. The Morgan fingerprint density at radius 3 is 2.80 bits per heavy atom. The van der Waals surface area contributed by atoms with Crippen molar-refractivity contribution in [3.8, 4) is 5.69 Å². The largest absolute Gasteiger partial charge is 0.379 e. The second-order valence-electron chi connectivity index (χ2n) is 4.71. The van der Waals surface area contributed by atoms with E-state index in [4.69, 9.17) is 10.5 Å². The van der Waals surface area contributed by atoms with E-state index in [0.29, 0.717) is 18.7 Å². The van der Waals surface area contributed by atoms with Gasteiger partial charge < -0.3 is 15.8 Å². The minimum Gasteiger partial charge on any atom is -0.379 e. The summed E-state index contributed by atoms with van der Waals surface area (Å²) in [6.45, 7) is 0.768. The summed E-state index contributed by atoms with van der Waals surface area (Å²) in [4.78, 5) is 12.1. The van der Waals surface area contributed by atoms with Crippen LogP contribution in [0.5, 0.6) is 0 Å². The van der Waals surface area contributed by atoms with Crippen LogP contribution >= 0.6 is 0 Å². The summed E-state index contributed by atoms with van der Waals surface area (Å²) in [6, 6.07) is 7.16. The van der Waals surface area contributed by atoms with Gasteiger partial charge in [-0.05, 0) is 41.1 Å². The van der Waals surface area contributed by atoms with Gasteiger partial charge in [0.25, 0.3) is 0 Å². The third kappa shape index (κ3) is 2.38. The molecule has 1 atom stereocenters. The van der Waals surface area contributed by atoms with Crippen molar-refractivity contribution >= 4 is 11.6 Å². The number of carbonyl (C=O) groups excluding carboxylic acids is 1. The second kappa shape index (κ2) is 4.99. The lowest BCUT2D eigenvalue weighted by molar-refractivity contribution is -0.121. The highest BCUT2D eigenvalue weighted by atomic mass is 16.5. The van der Waals surface area contributed by atoms with E-state index in [2.05, 4.69) is 20.8 Å². The predicted octanol–water partition coefficient (Wildman–Crippen LogP) is -0.281. The quantitative estimate of drug-likeness (QED) is 0.797. The zero-order chi connectivity index (χ0) is 14.0. The average Bonchev–Trinajstić information content (AvgIpc) is 3.11. The summed E-state index contributed by atoms with van der Waals surface area (Å²) in [5.74, 6) is -0.231. The van der Waals surface area contributed by atoms with Crippen LogP contribution in [0.2, 0.25) is 0 Å². The molecule has 1 saturated heterocycles. The number of nitrogens with one attached hydrogen (secondary N) is 1. The molecule has 1 aliphatic heterocycles. The number of nitrogens with two attached hydrogens (primary N) is 1. The Morgan fingerprint density at radius 1 is 1.40 bits per heavy atom. The second-order valence-corrected chi connectivity index (χ2v) is 4.71. The Bertz CT molecular complexity index is 589. The molecule has 1 aromatic heterocycles. The molecule has 2 heterocycles. The van der Waals surface area contributed by atoms with E-state index in [9.17, 15) is 4.79 Å². The zero-order valence-electron chi connectivity index (χ0n) is 10.7. The van der Waals surface area contributed by atoms with Gasteiger partial charge in [0.15, 0.2) is 0 Å². The number of aromatic nitrogens is 4. The molecule has 20 heavy (non-hydrogen) atoms. The number of carbonyl (C=O) groups is 1. The first-order chi connectivity index (χ1) is 9.67. The van der Waals surface area contributed by atoms with E-state index >= 15 is 0 Å². The van der Waals surface area contributed by atoms with Gasteiger partial charge in [-0.3, -0.25) is 4.79 Å². The fraction of sp³-hybridized carbons (Fsp3) is 0.333. The van der Waals surface area contributed by atoms with Crippen LogP contribution in [0, 0.1) is 0 Å². The summed E-state index contributed by atoms with van der Waals surface area (Å²) in [6.07, 6.45) is 2.03. The fourth-order valence-corrected chi connectivity index (χ4v) is 1.99. The van der Waals surface area contributed by atoms with Gasteiger partial charge >= 0.3 is 0 Å². The van der Waals surface area contributed by atoms with E-state index < -0.39 is 5.54 Å². The van der Waals surface area contributed by atoms with Gasteiger partial charge in [-0.1, -0.05) is 0 Å². The fourth-order valence-electron chi connectivity index (χ4n) is 1.99. The van der Waals surface area contributed by atoms with Crippen molar-refractivity contribution in [2.75, 3.05) is 18.5 Å². The number of benzene rings is 1. The lowest BCUT2D eigenvalue weighted by Crippen LogP contribution is -2.51. The van der Waals surface area contributed by atoms with Crippen molar-refractivity contribution in [2.45, 2.75) is 12.0 Å². The number of amides is 1. The van der Waals surface area contributed by atoms with Gasteiger partial charge in [-0.15, -0.1) is 5.10 Å². The first kappa shape index (κ1) is 12.7. The zero-order valence-corrected chi connectivity index (χ0v) is 10.7. The Labute approximate surface area is 114 Å². The minimum atomic E-state index is -0.936. The SMILES string of the molecule is NC1(C(=O)Nc2ccc(-n3cnnn3)cc2)CCOC1. The number of ether oxygens (including phenoxy) is 1. The Kier molecular flexibility index (Phi) is 3.17. The lowest BCUT2D eigenvalue weighted by atomic mass is 9.99. The molecule has 8 heteroatoms. The summed E-state index contributed by atoms with van der Waals surface area (Å²) >= 11 is 0. The third-order valence-electron chi connectivity index (χ3n) is 3.24. The molecule has 1 aliphatic rings. The summed E-state index contributed by atoms with van der Waals surface area (Å²) in [5.41, 5.74) is 6.53. The Morgan fingerprint density at radius 2 is 2.20 bits per heavy atom. The highest BCUT2D eigenvalue weighted by Crippen LogP contribution is 2.19. The highest BCUT2D eigenvalue weighted by Gasteiger charge is 2.38. The number of hydrogen-bond donors (Lipinski definition) is 2. The van der Waals surface area contributed by atoms with Gasteiger partial charge in [-0.25, -0.2) is 4.68 Å². The molecule has 0 saturated carbocycles. The van der Waals surface area contributed by atoms with Crippen LogP contribution in [0.1, 0.15) is 6.42 Å². The molecule has 3 rings (SSSR count). The summed E-state index contributed by atoms with van der Waals surface area (Å²) < 4.78 is 6.70. The van der Waals surface area contributed by atoms with E-state index in [1.54, 1.807) is 24.3 Å². The first-order valence-corrected chi connectivity index (χ1v) is 6.19. The van der Waals surface area contributed by atoms with Crippen LogP contribution in [0.4, 0.5) is 5.69 Å². The molecular formula is C12H14N6O2. The number of anilines is 1. The van der Waals surface area contributed by atoms with Crippen LogP contribution in [-0.2, 0) is 9.53 Å². The van der Waals surface area contributed by atoms with Crippen LogP contribution in [0.25, 0.3) is 5.69 Å². The van der Waals surface area contributed by atoms with Crippen molar-refractivity contribution in [1.29, 1.82) is 0 Å². The van der Waals surface area contributed by atoms with Crippen molar-refractivity contribution in [3.63, 3.8) is 0 Å². The first-order valence-electron chi connectivity index (χ1n) is 6.19. The van der Waals surface area contributed by atoms with Crippen molar-refractivity contribution in [2.24, 2.45) is 5.73 Å². The van der Waals surface area contributed by atoms with Crippen LogP contribution < -0.4 is 11.1 Å². The maximum atomic E-state index is 12.1. The van der Waals surface area contributed by atoms with Crippen LogP contribution in [0.15, 0.2) is 30.6 Å². The standard InChI is InChI=1S/C12H14N6O2/c13-12(5-6-20-7-12)11(19)15-9-1-3-10(4-2-9)18-8-14-16-17-18/h1-4,8H,5-7,13H2,(H,15,19). The minimum absolute atomic E-state index is 0.231. The third-order valence-corrected chi connectivity index (χ3v) is 3.24. The maximum Gasteiger partial charge on any atom is 0.246 e. The molecule has 1 unspecified atom stereocenters. The number of tetrazole rings is 1. The summed E-state index contributed by atoms with van der Waals surface area (Å²) in [7, 11) is 0. The van der Waals surface area contributed by atoms with Gasteiger partial charge in [0, 0.05) is 12.3 Å². The normalized spacial score (nSPS) is 21.9. The van der Waals surface area contributed by atoms with Gasteiger partial charge in [0.2, 0.25) is 5.91 Å². The monoisotopic (exact) mass is 274 g/mol. The molecule has 104 valence electrons. The Balaban J connectivity index is 1.71. The smallest absolute Gasteiger partial charge is 0.246 e. The average molecular weight is 274 g/mol. The molecule has 3 N–H and O–H groups in total. The van der Waals surface area contributed by atoms with Crippen molar-refractivity contribution < 1.29 is 9.53 Å². The van der Waals surface area contributed by atoms with Crippen molar-refractivity contribution in [3.05, 3.63) is 30.6 Å². The number of nitrogens with zero attached hydrogens (tertiary/aromatic N) is 4. The van der Waals surface area contributed by atoms with Crippen molar-refractivity contribution in [1.82, 2.24) is 20.2 Å². The lowest BCUT2D eigenvalue weighted by Gasteiger charge is -2.20. The molecular weight excluding hydrogens is 260 g/mol. The van der Waals surface area contributed by atoms with Gasteiger partial charge in [-0.2, -0.15) is 0 Å². The van der Waals surface area contributed by atoms with Gasteiger partial charge in [0.1, 0.15) is 11.9 Å². The number of hydrogen-bond acceptors (Lipinski definition) is 6. The molecule has 0 bridgehead atoms. The predicted molar refractivity (Wildman–Crippen MR) is 70.1 cm³/mol. The molecule has 1 fully saturated rings. The molecule has 1 aromatic carbocycles. The van der Waals surface area contributed by atoms with E-state index in [1.165, 1.54) is 11.0 Å². The summed E-state index contributed by atoms with van der Waals surface area (Å²) in [5, 5.41) is 13.7. The van der Waals surface area contributed by atoms with E-state index in [-0.39, 0.29) is 12.5 Å². The molecule has 8 nitrogen and oxygen atoms in total. The molecule has 1 amide bonds. The van der Waals surface area contributed by atoms with Gasteiger partial charge in [0.05, 0.1) is 12.3 Å². The van der Waals surface area contributed by atoms with E-state index in [0.717, 1.165) is 5.69 Å². The van der Waals surface area contributed by atoms with Crippen LogP contribution in [-0.4, -0.2) is 44.9 Å². The molecule has 0 aliphatic carbocycles. The van der Waals surface area contributed by atoms with E-state index in [1.807, 2.05) is 0 Å².